The number of carboxylic acid groups (broad SMARTS) is 1. The average molecular weight is 311 g/mol. The second kappa shape index (κ2) is 5.03. The number of fused-ring (bicyclic) bond motifs is 1. The first-order chi connectivity index (χ1) is 9.67. The number of nitrogens with two attached hydrogens (primary N) is 1. The third-order valence-electron chi connectivity index (χ3n) is 3.56. The Morgan fingerprint density at radius 2 is 1.95 bits per heavy atom. The molecular weight excluding hydrogens is 294 g/mol. The maximum Gasteiger partial charge on any atom is 0.337 e. The van der Waals surface area contributed by atoms with Gasteiger partial charge in [0.1, 0.15) is 5.52 Å². The fourth-order valence-electron chi connectivity index (χ4n) is 2.05. The smallest absolute Gasteiger partial charge is 0.337 e. The van der Waals surface area contributed by atoms with E-state index in [2.05, 4.69) is 4.98 Å². The van der Waals surface area contributed by atoms with Crippen molar-refractivity contribution in [2.45, 2.75) is 26.0 Å². The molecule has 0 spiro atoms. The van der Waals surface area contributed by atoms with Gasteiger partial charge in [-0.05, 0) is 25.0 Å². The van der Waals surface area contributed by atoms with Gasteiger partial charge in [-0.15, -0.1) is 0 Å². The van der Waals surface area contributed by atoms with Crippen molar-refractivity contribution in [2.24, 2.45) is 5.92 Å². The summed E-state index contributed by atoms with van der Waals surface area (Å²) in [5, 5.41) is 8.47. The highest BCUT2D eigenvalue weighted by molar-refractivity contribution is 7.90. The topological polar surface area (TPSA) is 115 Å². The van der Waals surface area contributed by atoms with E-state index in [4.69, 9.17) is 10.8 Å². The fourth-order valence-corrected chi connectivity index (χ4v) is 3.79. The predicted molar refractivity (Wildman–Crippen MR) is 79.7 cm³/mol. The van der Waals surface area contributed by atoms with E-state index in [9.17, 15) is 13.2 Å². The van der Waals surface area contributed by atoms with Crippen LogP contribution >= 0.6 is 0 Å². The highest BCUT2D eigenvalue weighted by atomic mass is 32.2. The van der Waals surface area contributed by atoms with Gasteiger partial charge in [0, 0.05) is 0 Å². The van der Waals surface area contributed by atoms with Gasteiger partial charge in [-0.2, -0.15) is 0 Å². The fraction of sp³-hybridized carbons (Fsp3) is 0.385. The molecule has 1 heterocycles. The Morgan fingerprint density at radius 1 is 1.33 bits per heavy atom. The largest absolute Gasteiger partial charge is 0.478 e. The quantitative estimate of drug-likeness (QED) is 0.885. The second-order valence-electron chi connectivity index (χ2n) is 5.21. The summed E-state index contributed by atoms with van der Waals surface area (Å²) in [5.41, 5.74) is 5.90. The summed E-state index contributed by atoms with van der Waals surface area (Å²) in [6.07, 6.45) is 0. The summed E-state index contributed by atoms with van der Waals surface area (Å²) in [6, 6.07) is 4.33. The van der Waals surface area contributed by atoms with Gasteiger partial charge in [0.05, 0.1) is 16.3 Å². The van der Waals surface area contributed by atoms with Crippen molar-refractivity contribution in [3.05, 3.63) is 23.8 Å². The number of para-hydroxylation sites is 1. The number of hydrogen-bond acceptors (Lipinski definition) is 5. The zero-order valence-corrected chi connectivity index (χ0v) is 12.8. The minimum Gasteiger partial charge on any atom is -0.478 e. The Morgan fingerprint density at radius 3 is 2.48 bits per heavy atom. The number of aromatic carboxylic acids is 1. The number of nitrogens with zero attached hydrogens (tertiary/aromatic N) is 2. The molecule has 2 rings (SSSR count). The number of anilines is 1. The summed E-state index contributed by atoms with van der Waals surface area (Å²) in [5.74, 6) is -1.53. The number of benzene rings is 1. The van der Waals surface area contributed by atoms with E-state index in [1.165, 1.54) is 18.2 Å². The second-order valence-corrected chi connectivity index (χ2v) is 7.35. The van der Waals surface area contributed by atoms with E-state index in [0.29, 0.717) is 0 Å². The van der Waals surface area contributed by atoms with E-state index in [1.807, 2.05) is 0 Å². The van der Waals surface area contributed by atoms with E-state index in [1.54, 1.807) is 20.8 Å². The van der Waals surface area contributed by atoms with E-state index >= 15 is 0 Å². The molecule has 0 fully saturated rings. The first-order valence-electron chi connectivity index (χ1n) is 6.42. The molecule has 0 aliphatic rings. The normalized spacial score (nSPS) is 13.7. The predicted octanol–water partition coefficient (Wildman–Crippen LogP) is 1.54. The van der Waals surface area contributed by atoms with Crippen molar-refractivity contribution in [1.29, 1.82) is 0 Å². The van der Waals surface area contributed by atoms with Gasteiger partial charge in [-0.3, -0.25) is 0 Å². The molecule has 1 aromatic carbocycles. The standard InChI is InChI=1S/C13H17N3O4S/c1-7(2)8(3)21(19,20)16-10-6-4-5-9(12(17)18)11(10)15-13(16)14/h4-8H,1-3H3,(H2,14,15)(H,17,18). The molecule has 8 heteroatoms. The Labute approximate surface area is 122 Å². The van der Waals surface area contributed by atoms with Crippen LogP contribution in [0, 0.1) is 5.92 Å². The number of carbonyl (C=O) groups is 1. The first kappa shape index (κ1) is 15.3. The van der Waals surface area contributed by atoms with Crippen LogP contribution in [0.3, 0.4) is 0 Å². The summed E-state index contributed by atoms with van der Waals surface area (Å²) in [4.78, 5) is 15.1. The van der Waals surface area contributed by atoms with Gasteiger partial charge in [-0.25, -0.2) is 22.2 Å². The van der Waals surface area contributed by atoms with Gasteiger partial charge in [0.25, 0.3) is 0 Å². The molecule has 1 aromatic heterocycles. The van der Waals surface area contributed by atoms with E-state index in [-0.39, 0.29) is 28.5 Å². The van der Waals surface area contributed by atoms with Crippen LogP contribution in [0.2, 0.25) is 0 Å². The lowest BCUT2D eigenvalue weighted by Crippen LogP contribution is -2.30. The Hall–Kier alpha value is -2.09. The van der Waals surface area contributed by atoms with Crippen LogP contribution in [-0.4, -0.2) is 33.7 Å². The van der Waals surface area contributed by atoms with Crippen molar-refractivity contribution in [3.8, 4) is 0 Å². The van der Waals surface area contributed by atoms with Crippen molar-refractivity contribution in [1.82, 2.24) is 8.96 Å². The van der Waals surface area contributed by atoms with Gasteiger partial charge < -0.3 is 10.8 Å². The lowest BCUT2D eigenvalue weighted by atomic mass is 10.2. The molecule has 114 valence electrons. The van der Waals surface area contributed by atoms with Gasteiger partial charge >= 0.3 is 5.97 Å². The van der Waals surface area contributed by atoms with Crippen LogP contribution in [0.25, 0.3) is 11.0 Å². The van der Waals surface area contributed by atoms with Crippen molar-refractivity contribution in [3.63, 3.8) is 0 Å². The zero-order chi connectivity index (χ0) is 15.9. The molecule has 3 N–H and O–H groups in total. The lowest BCUT2D eigenvalue weighted by molar-refractivity contribution is 0.0699. The molecular formula is C13H17N3O4S. The molecule has 0 aliphatic carbocycles. The zero-order valence-electron chi connectivity index (χ0n) is 11.9. The highest BCUT2D eigenvalue weighted by Gasteiger charge is 2.30. The maximum absolute atomic E-state index is 12.6. The number of rotatable bonds is 4. The molecule has 7 nitrogen and oxygen atoms in total. The van der Waals surface area contributed by atoms with E-state index in [0.717, 1.165) is 3.97 Å². The van der Waals surface area contributed by atoms with Gasteiger partial charge in [0.15, 0.2) is 0 Å². The summed E-state index contributed by atoms with van der Waals surface area (Å²) < 4.78 is 26.2. The molecule has 0 amide bonds. The first-order valence-corrected chi connectivity index (χ1v) is 7.93. The number of nitrogen functional groups attached to an aromatic ring is 1. The number of imidazole rings is 1. The van der Waals surface area contributed by atoms with Crippen molar-refractivity contribution >= 4 is 33.0 Å². The molecule has 1 atom stereocenters. The number of aromatic nitrogens is 2. The molecule has 0 aliphatic heterocycles. The number of carboxylic acids is 1. The van der Waals surface area contributed by atoms with Crippen LogP contribution in [0.4, 0.5) is 5.95 Å². The van der Waals surface area contributed by atoms with Crippen LogP contribution < -0.4 is 5.73 Å². The lowest BCUT2D eigenvalue weighted by Gasteiger charge is -2.18. The van der Waals surface area contributed by atoms with Crippen LogP contribution in [0.1, 0.15) is 31.1 Å². The molecule has 0 radical (unpaired) electrons. The van der Waals surface area contributed by atoms with Gasteiger partial charge in [-0.1, -0.05) is 19.9 Å². The minimum atomic E-state index is -3.76. The minimum absolute atomic E-state index is 0.0713. The highest BCUT2D eigenvalue weighted by Crippen LogP contribution is 2.26. The molecule has 0 saturated carbocycles. The molecule has 0 bridgehead atoms. The Kier molecular flexibility index (Phi) is 3.66. The van der Waals surface area contributed by atoms with Crippen LogP contribution in [-0.2, 0) is 10.0 Å². The molecule has 2 aromatic rings. The molecule has 21 heavy (non-hydrogen) atoms. The molecule has 0 saturated heterocycles. The SMILES string of the molecule is CC(C)C(C)S(=O)(=O)n1c(N)nc2c(C(=O)O)cccc21. The number of hydrogen-bond donors (Lipinski definition) is 2. The third-order valence-corrected chi connectivity index (χ3v) is 5.94. The maximum atomic E-state index is 12.6. The van der Waals surface area contributed by atoms with Crippen molar-refractivity contribution < 1.29 is 18.3 Å². The summed E-state index contributed by atoms with van der Waals surface area (Å²) in [7, 11) is -3.76. The average Bonchev–Trinajstić information content (AvgIpc) is 2.73. The van der Waals surface area contributed by atoms with Crippen LogP contribution in [0.5, 0.6) is 0 Å². The third kappa shape index (κ3) is 2.35. The summed E-state index contributed by atoms with van der Waals surface area (Å²) >= 11 is 0. The van der Waals surface area contributed by atoms with E-state index < -0.39 is 21.2 Å². The Bertz CT molecular complexity index is 808. The summed E-state index contributed by atoms with van der Waals surface area (Å²) in [6.45, 7) is 5.17. The van der Waals surface area contributed by atoms with Crippen molar-refractivity contribution in [2.75, 3.05) is 5.73 Å². The molecule has 1 unspecified atom stereocenters. The van der Waals surface area contributed by atoms with Gasteiger partial charge in [0.2, 0.25) is 16.0 Å². The van der Waals surface area contributed by atoms with Crippen LogP contribution in [0.15, 0.2) is 18.2 Å². The monoisotopic (exact) mass is 311 g/mol. The Balaban J connectivity index is 2.80.